The van der Waals surface area contributed by atoms with Gasteiger partial charge in [0, 0.05) is 24.0 Å². The summed E-state index contributed by atoms with van der Waals surface area (Å²) in [6.07, 6.45) is 1.47. The molecule has 3 rings (SSSR count). The van der Waals surface area contributed by atoms with Crippen LogP contribution in [0.25, 0.3) is 0 Å². The van der Waals surface area contributed by atoms with Crippen LogP contribution in [0.3, 0.4) is 0 Å². The fraction of sp³-hybridized carbons (Fsp3) is 0.208. The summed E-state index contributed by atoms with van der Waals surface area (Å²) in [4.78, 5) is 29.1. The highest BCUT2D eigenvalue weighted by Gasteiger charge is 2.12. The van der Waals surface area contributed by atoms with E-state index in [2.05, 4.69) is 29.5 Å². The molecule has 29 heavy (non-hydrogen) atoms. The normalized spacial score (nSPS) is 10.6. The number of nitrogens with zero attached hydrogens (tertiary/aromatic N) is 1. The number of carbonyl (C=O) groups is 2. The molecule has 0 unspecified atom stereocenters. The molecule has 0 bridgehead atoms. The largest absolute Gasteiger partial charge is 0.347 e. The highest BCUT2D eigenvalue weighted by atomic mass is 16.2. The molecular weight excluding hydrogens is 362 g/mol. The lowest BCUT2D eigenvalue weighted by molar-refractivity contribution is 0.0946. The molecule has 0 radical (unpaired) electrons. The third-order valence-electron chi connectivity index (χ3n) is 4.66. The lowest BCUT2D eigenvalue weighted by atomic mass is 10.0. The van der Waals surface area contributed by atoms with Gasteiger partial charge in [0.05, 0.1) is 0 Å². The van der Waals surface area contributed by atoms with Gasteiger partial charge < -0.3 is 10.6 Å². The number of pyridine rings is 1. The third kappa shape index (κ3) is 5.51. The van der Waals surface area contributed by atoms with Crippen molar-refractivity contribution in [3.8, 4) is 0 Å². The molecule has 0 saturated carbocycles. The Morgan fingerprint density at radius 2 is 1.62 bits per heavy atom. The molecular formula is C24H25N3O2. The van der Waals surface area contributed by atoms with Gasteiger partial charge in [-0.2, -0.15) is 0 Å². The zero-order valence-electron chi connectivity index (χ0n) is 16.9. The Hall–Kier alpha value is -3.47. The van der Waals surface area contributed by atoms with Crippen molar-refractivity contribution in [3.63, 3.8) is 0 Å². The number of anilines is 1. The summed E-state index contributed by atoms with van der Waals surface area (Å²) in [5.41, 5.74) is 4.68. The van der Waals surface area contributed by atoms with Crippen molar-refractivity contribution in [1.29, 1.82) is 0 Å². The Balaban J connectivity index is 1.63. The van der Waals surface area contributed by atoms with Crippen LogP contribution in [0.1, 0.15) is 57.3 Å². The molecule has 2 amide bonds. The molecule has 0 aliphatic heterocycles. The lowest BCUT2D eigenvalue weighted by Crippen LogP contribution is -2.24. The van der Waals surface area contributed by atoms with Gasteiger partial charge in [0.1, 0.15) is 5.69 Å². The number of hydrogen-bond donors (Lipinski definition) is 2. The van der Waals surface area contributed by atoms with Gasteiger partial charge in [0.15, 0.2) is 0 Å². The number of nitrogens with one attached hydrogen (secondary N) is 2. The molecule has 3 aromatic rings. The van der Waals surface area contributed by atoms with Crippen molar-refractivity contribution in [2.75, 3.05) is 5.32 Å². The molecule has 0 aliphatic rings. The average Bonchev–Trinajstić information content (AvgIpc) is 2.73. The minimum absolute atomic E-state index is 0.208. The summed E-state index contributed by atoms with van der Waals surface area (Å²) in [6, 6.07) is 18.8. The number of aryl methyl sites for hydroxylation is 1. The van der Waals surface area contributed by atoms with Gasteiger partial charge in [-0.3, -0.25) is 14.6 Å². The predicted molar refractivity (Wildman–Crippen MR) is 115 cm³/mol. The molecule has 1 aromatic heterocycles. The van der Waals surface area contributed by atoms with E-state index in [0.717, 1.165) is 5.56 Å². The van der Waals surface area contributed by atoms with Crippen LogP contribution in [0, 0.1) is 6.92 Å². The fourth-order valence-corrected chi connectivity index (χ4v) is 2.83. The number of hydrogen-bond acceptors (Lipinski definition) is 3. The molecule has 148 valence electrons. The first-order chi connectivity index (χ1) is 13.9. The van der Waals surface area contributed by atoms with Gasteiger partial charge >= 0.3 is 0 Å². The van der Waals surface area contributed by atoms with Crippen LogP contribution in [0.15, 0.2) is 66.9 Å². The monoisotopic (exact) mass is 387 g/mol. The zero-order valence-corrected chi connectivity index (χ0v) is 16.9. The minimum Gasteiger partial charge on any atom is -0.347 e. The minimum atomic E-state index is -0.318. The molecule has 0 atom stereocenters. The summed E-state index contributed by atoms with van der Waals surface area (Å²) < 4.78 is 0. The van der Waals surface area contributed by atoms with Gasteiger partial charge in [0.2, 0.25) is 0 Å². The third-order valence-corrected chi connectivity index (χ3v) is 4.66. The molecule has 5 nitrogen and oxygen atoms in total. The van der Waals surface area contributed by atoms with E-state index in [1.807, 2.05) is 55.5 Å². The summed E-state index contributed by atoms with van der Waals surface area (Å²) in [5.74, 6) is -0.167. The second-order valence-electron chi connectivity index (χ2n) is 7.33. The Kier molecular flexibility index (Phi) is 6.39. The van der Waals surface area contributed by atoms with E-state index < -0.39 is 0 Å². The van der Waals surface area contributed by atoms with Crippen LogP contribution in [-0.2, 0) is 6.54 Å². The molecule has 0 saturated heterocycles. The first-order valence-electron chi connectivity index (χ1n) is 9.63. The first kappa shape index (κ1) is 20.3. The molecule has 2 aromatic carbocycles. The molecule has 0 spiro atoms. The number of benzene rings is 2. The van der Waals surface area contributed by atoms with Crippen molar-refractivity contribution in [2.24, 2.45) is 0 Å². The van der Waals surface area contributed by atoms with E-state index in [1.165, 1.54) is 23.4 Å². The quantitative estimate of drug-likeness (QED) is 0.644. The van der Waals surface area contributed by atoms with Crippen LogP contribution in [0.4, 0.5) is 5.69 Å². The van der Waals surface area contributed by atoms with E-state index >= 15 is 0 Å². The number of aromatic nitrogens is 1. The van der Waals surface area contributed by atoms with Crippen molar-refractivity contribution in [3.05, 3.63) is 94.8 Å². The summed E-state index contributed by atoms with van der Waals surface area (Å²) >= 11 is 0. The second kappa shape index (κ2) is 9.15. The van der Waals surface area contributed by atoms with E-state index in [1.54, 1.807) is 6.07 Å². The molecule has 0 aliphatic carbocycles. The summed E-state index contributed by atoms with van der Waals surface area (Å²) in [7, 11) is 0. The van der Waals surface area contributed by atoms with Crippen molar-refractivity contribution in [2.45, 2.75) is 33.2 Å². The zero-order chi connectivity index (χ0) is 20.8. The summed E-state index contributed by atoms with van der Waals surface area (Å²) in [5, 5.41) is 5.69. The van der Waals surface area contributed by atoms with Gasteiger partial charge in [-0.25, -0.2) is 0 Å². The van der Waals surface area contributed by atoms with Gasteiger partial charge in [-0.05, 0) is 48.2 Å². The average molecular weight is 387 g/mol. The maximum Gasteiger partial charge on any atom is 0.270 e. The number of amides is 2. The fourth-order valence-electron chi connectivity index (χ4n) is 2.83. The SMILES string of the molecule is Cc1ccc(CNC(=O)c2cc(C(=O)Nc3ccc(C(C)C)cc3)ccn2)cc1. The van der Waals surface area contributed by atoms with Crippen molar-refractivity contribution >= 4 is 17.5 Å². The lowest BCUT2D eigenvalue weighted by Gasteiger charge is -2.09. The van der Waals surface area contributed by atoms with Crippen LogP contribution in [-0.4, -0.2) is 16.8 Å². The Bertz CT molecular complexity index is 993. The maximum atomic E-state index is 12.5. The van der Waals surface area contributed by atoms with Crippen LogP contribution < -0.4 is 10.6 Å². The molecule has 0 fully saturated rings. The maximum absolute atomic E-state index is 12.5. The number of rotatable bonds is 6. The standard InChI is InChI=1S/C24H25N3O2/c1-16(2)19-8-10-21(11-9-19)27-23(28)20-12-13-25-22(14-20)24(29)26-15-18-6-4-17(3)5-7-18/h4-14,16H,15H2,1-3H3,(H,26,29)(H,27,28). The Morgan fingerprint density at radius 1 is 0.931 bits per heavy atom. The van der Waals surface area contributed by atoms with E-state index in [-0.39, 0.29) is 17.5 Å². The van der Waals surface area contributed by atoms with Gasteiger partial charge in [0.25, 0.3) is 11.8 Å². The highest BCUT2D eigenvalue weighted by Crippen LogP contribution is 2.17. The molecule has 2 N–H and O–H groups in total. The number of carbonyl (C=O) groups excluding carboxylic acids is 2. The van der Waals surface area contributed by atoms with Crippen LogP contribution in [0.5, 0.6) is 0 Å². The van der Waals surface area contributed by atoms with E-state index in [9.17, 15) is 9.59 Å². The van der Waals surface area contributed by atoms with Crippen molar-refractivity contribution < 1.29 is 9.59 Å². The topological polar surface area (TPSA) is 71.1 Å². The Morgan fingerprint density at radius 3 is 2.28 bits per heavy atom. The van der Waals surface area contributed by atoms with Crippen LogP contribution in [0.2, 0.25) is 0 Å². The molecule has 1 heterocycles. The van der Waals surface area contributed by atoms with Crippen molar-refractivity contribution in [1.82, 2.24) is 10.3 Å². The van der Waals surface area contributed by atoms with E-state index in [0.29, 0.717) is 23.7 Å². The van der Waals surface area contributed by atoms with E-state index in [4.69, 9.17) is 0 Å². The molecule has 5 heteroatoms. The first-order valence-corrected chi connectivity index (χ1v) is 9.63. The smallest absolute Gasteiger partial charge is 0.270 e. The highest BCUT2D eigenvalue weighted by molar-refractivity contribution is 6.05. The van der Waals surface area contributed by atoms with Gasteiger partial charge in [-0.1, -0.05) is 55.8 Å². The Labute approximate surface area is 171 Å². The van der Waals surface area contributed by atoms with Crippen LogP contribution >= 0.6 is 0 Å². The van der Waals surface area contributed by atoms with Gasteiger partial charge in [-0.15, -0.1) is 0 Å². The second-order valence-corrected chi connectivity index (χ2v) is 7.33. The predicted octanol–water partition coefficient (Wildman–Crippen LogP) is 4.70. The summed E-state index contributed by atoms with van der Waals surface area (Å²) in [6.45, 7) is 6.66.